The minimum absolute atomic E-state index is 0.105. The summed E-state index contributed by atoms with van der Waals surface area (Å²) in [5.74, 6) is 0.369. The third-order valence-corrected chi connectivity index (χ3v) is 6.02. The summed E-state index contributed by atoms with van der Waals surface area (Å²) >= 11 is 0. The standard InChI is InChI=1S/C26H23N3O4/c1-32-21-11-10-18(15-22(21)33-2)23-24(28-14-12-17-7-3-4-9-20(17)28)26(31)29(25(23)30)16-19-8-5-6-13-27-19/h3-11,13,15H,12,14,16H2,1-2H3. The first-order chi connectivity index (χ1) is 16.1. The van der Waals surface area contributed by atoms with Gasteiger partial charge in [0.15, 0.2) is 11.5 Å². The molecule has 0 saturated carbocycles. The average molecular weight is 441 g/mol. The van der Waals surface area contributed by atoms with Crippen LogP contribution in [-0.2, 0) is 22.6 Å². The Labute approximate surface area is 191 Å². The van der Waals surface area contributed by atoms with Crippen LogP contribution >= 0.6 is 0 Å². The number of imide groups is 1. The highest BCUT2D eigenvalue weighted by atomic mass is 16.5. The van der Waals surface area contributed by atoms with Crippen LogP contribution in [0.3, 0.4) is 0 Å². The molecule has 0 aliphatic carbocycles. The van der Waals surface area contributed by atoms with Gasteiger partial charge in [-0.05, 0) is 47.9 Å². The number of carbonyl (C=O) groups is 2. The molecule has 7 heteroatoms. The summed E-state index contributed by atoms with van der Waals surface area (Å²) in [5, 5.41) is 0. The Hall–Kier alpha value is -4.13. The van der Waals surface area contributed by atoms with Crippen molar-refractivity contribution in [3.8, 4) is 11.5 Å². The molecular formula is C26H23N3O4. The van der Waals surface area contributed by atoms with E-state index in [1.54, 1.807) is 50.7 Å². The normalized spacial score (nSPS) is 15.3. The first-order valence-electron chi connectivity index (χ1n) is 10.7. The van der Waals surface area contributed by atoms with Gasteiger partial charge >= 0.3 is 0 Å². The molecule has 7 nitrogen and oxygen atoms in total. The minimum Gasteiger partial charge on any atom is -0.493 e. The van der Waals surface area contributed by atoms with Crippen molar-refractivity contribution in [1.29, 1.82) is 0 Å². The number of fused-ring (bicyclic) bond motifs is 1. The monoisotopic (exact) mass is 441 g/mol. The molecule has 1 aromatic heterocycles. The first kappa shape index (κ1) is 20.8. The Morgan fingerprint density at radius 1 is 0.909 bits per heavy atom. The van der Waals surface area contributed by atoms with Gasteiger partial charge in [0.1, 0.15) is 5.70 Å². The topological polar surface area (TPSA) is 72.0 Å². The van der Waals surface area contributed by atoms with Crippen molar-refractivity contribution in [1.82, 2.24) is 9.88 Å². The van der Waals surface area contributed by atoms with Crippen LogP contribution in [0.5, 0.6) is 11.5 Å². The number of aromatic nitrogens is 1. The fraction of sp³-hybridized carbons (Fsp3) is 0.192. The second-order valence-corrected chi connectivity index (χ2v) is 7.84. The summed E-state index contributed by atoms with van der Waals surface area (Å²) in [6.45, 7) is 0.732. The highest BCUT2D eigenvalue weighted by molar-refractivity contribution is 6.36. The van der Waals surface area contributed by atoms with Crippen LogP contribution in [0.4, 0.5) is 5.69 Å². The molecule has 0 fully saturated rings. The maximum atomic E-state index is 13.7. The Morgan fingerprint density at radius 3 is 2.45 bits per heavy atom. The molecule has 2 aliphatic rings. The number of benzene rings is 2. The van der Waals surface area contributed by atoms with E-state index in [1.165, 1.54) is 4.90 Å². The zero-order chi connectivity index (χ0) is 22.9. The second kappa shape index (κ2) is 8.43. The molecule has 3 aromatic rings. The van der Waals surface area contributed by atoms with E-state index in [-0.39, 0.29) is 18.4 Å². The van der Waals surface area contributed by atoms with Crippen LogP contribution in [0.15, 0.2) is 72.6 Å². The SMILES string of the molecule is COc1ccc(C2=C(N3CCc4ccccc43)C(=O)N(Cc3ccccn3)C2=O)cc1OC. The van der Waals surface area contributed by atoms with Gasteiger partial charge in [-0.3, -0.25) is 19.5 Å². The minimum atomic E-state index is -0.350. The van der Waals surface area contributed by atoms with Crippen LogP contribution in [0.1, 0.15) is 16.8 Å². The third-order valence-electron chi connectivity index (χ3n) is 6.02. The lowest BCUT2D eigenvalue weighted by Crippen LogP contribution is -2.34. The predicted molar refractivity (Wildman–Crippen MR) is 124 cm³/mol. The van der Waals surface area contributed by atoms with Gasteiger partial charge in [0.25, 0.3) is 11.8 Å². The lowest BCUT2D eigenvalue weighted by molar-refractivity contribution is -0.137. The van der Waals surface area contributed by atoms with Gasteiger partial charge < -0.3 is 14.4 Å². The summed E-state index contributed by atoms with van der Waals surface area (Å²) in [5.41, 5.74) is 4.09. The first-order valence-corrected chi connectivity index (χ1v) is 10.7. The molecule has 2 aromatic carbocycles. The average Bonchev–Trinajstić information content (AvgIpc) is 3.38. The fourth-order valence-electron chi connectivity index (χ4n) is 4.43. The summed E-state index contributed by atoms with van der Waals surface area (Å²) in [6, 6.07) is 18.7. The van der Waals surface area contributed by atoms with Crippen LogP contribution < -0.4 is 14.4 Å². The molecule has 0 bridgehead atoms. The lowest BCUT2D eigenvalue weighted by atomic mass is 10.0. The lowest BCUT2D eigenvalue weighted by Gasteiger charge is -2.21. The summed E-state index contributed by atoms with van der Waals surface area (Å²) in [4.78, 5) is 34.9. The van der Waals surface area contributed by atoms with Crippen molar-refractivity contribution in [3.05, 3.63) is 89.4 Å². The van der Waals surface area contributed by atoms with Gasteiger partial charge in [-0.25, -0.2) is 0 Å². The second-order valence-electron chi connectivity index (χ2n) is 7.84. The Balaban J connectivity index is 1.64. The Morgan fingerprint density at radius 2 is 1.70 bits per heavy atom. The van der Waals surface area contributed by atoms with Gasteiger partial charge in [-0.2, -0.15) is 0 Å². The number of nitrogens with zero attached hydrogens (tertiary/aromatic N) is 3. The summed E-state index contributed by atoms with van der Waals surface area (Å²) in [7, 11) is 3.10. The largest absolute Gasteiger partial charge is 0.493 e. The predicted octanol–water partition coefficient (Wildman–Crippen LogP) is 3.44. The van der Waals surface area contributed by atoms with E-state index < -0.39 is 0 Å². The van der Waals surface area contributed by atoms with Crippen LogP contribution in [0.2, 0.25) is 0 Å². The molecule has 5 rings (SSSR count). The number of hydrogen-bond donors (Lipinski definition) is 0. The number of rotatable bonds is 6. The van der Waals surface area contributed by atoms with E-state index in [4.69, 9.17) is 9.47 Å². The Kier molecular flexibility index (Phi) is 5.30. The fourth-order valence-corrected chi connectivity index (χ4v) is 4.43. The molecule has 0 radical (unpaired) electrons. The maximum absolute atomic E-state index is 13.7. The quantitative estimate of drug-likeness (QED) is 0.546. The zero-order valence-corrected chi connectivity index (χ0v) is 18.4. The van der Waals surface area contributed by atoms with E-state index in [9.17, 15) is 9.59 Å². The molecular weight excluding hydrogens is 418 g/mol. The van der Waals surface area contributed by atoms with Crippen molar-refractivity contribution in [2.75, 3.05) is 25.7 Å². The van der Waals surface area contributed by atoms with E-state index in [0.29, 0.717) is 40.6 Å². The molecule has 2 aliphatic heterocycles. The number of ether oxygens (including phenoxy) is 2. The zero-order valence-electron chi connectivity index (χ0n) is 18.4. The molecule has 0 atom stereocenters. The number of amides is 2. The number of hydrogen-bond acceptors (Lipinski definition) is 6. The van der Waals surface area contributed by atoms with Crippen molar-refractivity contribution in [3.63, 3.8) is 0 Å². The summed E-state index contributed by atoms with van der Waals surface area (Å²) < 4.78 is 10.8. The number of anilines is 1. The van der Waals surface area contributed by atoms with Crippen molar-refractivity contribution in [2.24, 2.45) is 0 Å². The Bertz CT molecular complexity index is 1270. The summed E-state index contributed by atoms with van der Waals surface area (Å²) in [6.07, 6.45) is 2.46. The van der Waals surface area contributed by atoms with Gasteiger partial charge in [0.05, 0.1) is 32.0 Å². The number of methoxy groups -OCH3 is 2. The molecule has 0 unspecified atom stereocenters. The number of pyridine rings is 1. The van der Waals surface area contributed by atoms with Crippen molar-refractivity contribution >= 4 is 23.1 Å². The molecule has 0 spiro atoms. The molecule has 0 N–H and O–H groups in total. The molecule has 166 valence electrons. The van der Waals surface area contributed by atoms with Crippen molar-refractivity contribution in [2.45, 2.75) is 13.0 Å². The van der Waals surface area contributed by atoms with Gasteiger partial charge in [0.2, 0.25) is 0 Å². The van der Waals surface area contributed by atoms with E-state index >= 15 is 0 Å². The third kappa shape index (κ3) is 3.51. The van der Waals surface area contributed by atoms with Gasteiger partial charge in [-0.1, -0.05) is 30.3 Å². The molecule has 0 saturated heterocycles. The van der Waals surface area contributed by atoms with Crippen LogP contribution in [-0.4, -0.2) is 42.5 Å². The van der Waals surface area contributed by atoms with Crippen LogP contribution in [0.25, 0.3) is 5.57 Å². The highest BCUT2D eigenvalue weighted by Gasteiger charge is 2.43. The molecule has 33 heavy (non-hydrogen) atoms. The smallest absolute Gasteiger partial charge is 0.278 e. The van der Waals surface area contributed by atoms with E-state index in [1.807, 2.05) is 29.2 Å². The van der Waals surface area contributed by atoms with Gasteiger partial charge in [0, 0.05) is 18.4 Å². The van der Waals surface area contributed by atoms with E-state index in [0.717, 1.165) is 17.7 Å². The van der Waals surface area contributed by atoms with Crippen molar-refractivity contribution < 1.29 is 19.1 Å². The highest BCUT2D eigenvalue weighted by Crippen LogP contribution is 2.40. The number of carbonyl (C=O) groups excluding carboxylic acids is 2. The van der Waals surface area contributed by atoms with E-state index in [2.05, 4.69) is 11.1 Å². The maximum Gasteiger partial charge on any atom is 0.278 e. The molecule has 2 amide bonds. The van der Waals surface area contributed by atoms with Crippen LogP contribution in [0, 0.1) is 0 Å². The van der Waals surface area contributed by atoms with Gasteiger partial charge in [-0.15, -0.1) is 0 Å². The number of para-hydroxylation sites is 1. The molecule has 3 heterocycles.